The average molecular weight is 1770 g/mol. The third-order valence-corrected chi connectivity index (χ3v) is 18.7. The number of nitrogens with one attached hydrogen (secondary N) is 3. The first-order valence-corrected chi connectivity index (χ1v) is 33.4. The van der Waals surface area contributed by atoms with Gasteiger partial charge in [-0.25, -0.2) is 9.59 Å². The van der Waals surface area contributed by atoms with Gasteiger partial charge in [0.15, 0.2) is 0 Å². The Morgan fingerprint density at radius 1 is 0.451 bits per heavy atom. The zero-order valence-electron chi connectivity index (χ0n) is 60.4. The molecule has 0 saturated heterocycles. The molecular formula is C80H92N10O8WY3-2. The molecule has 18 nitrogen and oxygen atoms in total. The zero-order chi connectivity index (χ0) is 71.0. The van der Waals surface area contributed by atoms with Crippen molar-refractivity contribution in [1.82, 2.24) is 10.2 Å². The third kappa shape index (κ3) is 20.7. The van der Waals surface area contributed by atoms with Crippen LogP contribution in [0.15, 0.2) is 170 Å². The van der Waals surface area contributed by atoms with Crippen LogP contribution in [-0.4, -0.2) is 98.0 Å². The Morgan fingerprint density at radius 2 is 0.725 bits per heavy atom. The van der Waals surface area contributed by atoms with Crippen LogP contribution in [0, 0.1) is 0 Å². The number of methoxy groups -OCH3 is 1. The molecule has 0 spiro atoms. The third-order valence-electron chi connectivity index (χ3n) is 18.7. The molecule has 0 aliphatic carbocycles. The monoisotopic (exact) mass is 1770 g/mol. The molecule has 4 aliphatic rings. The molecule has 12 rings (SSSR count). The number of fused-ring (bicyclic) bond motifs is 4. The van der Waals surface area contributed by atoms with E-state index < -0.39 is 5.97 Å². The van der Waals surface area contributed by atoms with Gasteiger partial charge in [-0.2, -0.15) is 0 Å². The van der Waals surface area contributed by atoms with E-state index in [-0.39, 0.29) is 203 Å². The Labute approximate surface area is 691 Å². The van der Waals surface area contributed by atoms with Crippen molar-refractivity contribution < 1.29 is 158 Å². The molecule has 527 valence electrons. The van der Waals surface area contributed by atoms with Crippen molar-refractivity contribution in [3.8, 4) is 44.5 Å². The van der Waals surface area contributed by atoms with E-state index in [1.807, 2.05) is 109 Å². The predicted molar refractivity (Wildman–Crippen MR) is 393 cm³/mol. The second kappa shape index (κ2) is 39.1. The Kier molecular flexibility index (Phi) is 33.3. The van der Waals surface area contributed by atoms with Crippen molar-refractivity contribution in [2.75, 3.05) is 47.9 Å². The number of ether oxygens (including phenoxy) is 1. The van der Waals surface area contributed by atoms with Gasteiger partial charge in [0.05, 0.1) is 18.2 Å². The number of carbonyl (C=O) groups is 6. The second-order valence-corrected chi connectivity index (χ2v) is 26.4. The normalized spacial score (nSPS) is 18.9. The molecule has 0 aromatic heterocycles. The van der Waals surface area contributed by atoms with E-state index in [1.165, 1.54) is 23.8 Å². The van der Waals surface area contributed by atoms with Crippen molar-refractivity contribution in [2.24, 2.45) is 11.5 Å². The van der Waals surface area contributed by atoms with Gasteiger partial charge in [0.25, 0.3) is 0 Å². The van der Waals surface area contributed by atoms with Crippen LogP contribution in [0.5, 0.6) is 0 Å². The number of hydrogen-bond acceptors (Lipinski definition) is 11. The van der Waals surface area contributed by atoms with Crippen LogP contribution in [0.1, 0.15) is 159 Å². The zero-order valence-corrected chi connectivity index (χ0v) is 71.8. The van der Waals surface area contributed by atoms with Gasteiger partial charge in [0.2, 0.25) is 23.6 Å². The van der Waals surface area contributed by atoms with Gasteiger partial charge in [-0.15, -0.1) is 12.1 Å². The number of benzene rings is 8. The van der Waals surface area contributed by atoms with E-state index in [9.17, 15) is 28.8 Å². The summed E-state index contributed by atoms with van der Waals surface area (Å²) in [5, 5.41) is 12.1. The molecule has 4 aliphatic heterocycles. The fraction of sp³-hybridized carbons (Fsp3) is 0.325. The van der Waals surface area contributed by atoms with Gasteiger partial charge < -0.3 is 62.6 Å². The summed E-state index contributed by atoms with van der Waals surface area (Å²) in [7, 11) is 7.44. The minimum absolute atomic E-state index is 0. The number of rotatable bonds is 10. The van der Waals surface area contributed by atoms with Crippen LogP contribution in [0.4, 0.5) is 22.7 Å². The summed E-state index contributed by atoms with van der Waals surface area (Å²) < 4.78 is 4.72. The van der Waals surface area contributed by atoms with Gasteiger partial charge in [0.1, 0.15) is 0 Å². The predicted octanol–water partition coefficient (Wildman–Crippen LogP) is 15.4. The maximum absolute atomic E-state index is 12.0. The molecule has 0 bridgehead atoms. The SMILES string of the molecule is CC(=O)N1c2ccc(-c3ccc(C(=O)O)cc3)cc2[C@H]([NH-])C[C@@H]1C.CC(=O)N1c2ccc(-c3ccc(CN(C)C)cc3)cc2[C@H](N)C[C@@H]1C.CNCc1ccc(-c2ccc3c(c2)[C@H]([NH-])C[C@H](C)N3C(C)=O)cc1.COC(=O)c1ccc(-c2ccc3c(c2)[C@H](N)C[C@H](C)N3C(C)=O)cc1.[W].[Y].[Y].[Y]. The molecule has 8 aromatic rings. The van der Waals surface area contributed by atoms with E-state index in [2.05, 4.69) is 98.0 Å². The number of anilines is 4. The fourth-order valence-corrected chi connectivity index (χ4v) is 14.1. The van der Waals surface area contributed by atoms with Gasteiger partial charge in [-0.05, 0) is 213 Å². The minimum Gasteiger partial charge on any atom is -0.671 e. The van der Waals surface area contributed by atoms with Crippen LogP contribution in [-0.2, 0) is 156 Å². The van der Waals surface area contributed by atoms with Crippen molar-refractivity contribution in [1.29, 1.82) is 0 Å². The molecular weight excluding hydrogens is 1680 g/mol. The molecule has 3 radical (unpaired) electrons. The van der Waals surface area contributed by atoms with E-state index in [4.69, 9.17) is 32.8 Å². The number of carbonyl (C=O) groups excluding carboxylic acids is 5. The Bertz CT molecular complexity index is 4220. The van der Waals surface area contributed by atoms with Crippen LogP contribution >= 0.6 is 0 Å². The second-order valence-electron chi connectivity index (χ2n) is 26.4. The number of aromatic carboxylic acids is 1. The summed E-state index contributed by atoms with van der Waals surface area (Å²) in [6, 6.07) is 54.6. The Morgan fingerprint density at radius 3 is 1.02 bits per heavy atom. The van der Waals surface area contributed by atoms with E-state index in [0.717, 1.165) is 110 Å². The quantitative estimate of drug-likeness (QED) is 0.0932. The topological polar surface area (TPSA) is 260 Å². The Balaban J connectivity index is 0.000000242. The number of nitrogens with two attached hydrogens (primary N) is 2. The smallest absolute Gasteiger partial charge is 0.337 e. The number of hydrogen-bond donors (Lipinski definition) is 4. The first-order chi connectivity index (χ1) is 46.7. The average Bonchev–Trinajstić information content (AvgIpc) is 0.793. The molecule has 0 unspecified atom stereocenters. The molecule has 0 saturated carbocycles. The largest absolute Gasteiger partial charge is 0.671 e. The molecule has 4 amide bonds. The number of carboxylic acids is 1. The number of esters is 1. The number of carboxylic acid groups (broad SMARTS) is 1. The summed E-state index contributed by atoms with van der Waals surface area (Å²) in [6.45, 7) is 16.2. The first kappa shape index (κ1) is 87.0. The van der Waals surface area contributed by atoms with Crippen molar-refractivity contribution >= 4 is 58.3 Å². The summed E-state index contributed by atoms with van der Waals surface area (Å²) in [4.78, 5) is 79.9. The number of nitrogens with zero attached hydrogens (tertiary/aromatic N) is 5. The fourth-order valence-electron chi connectivity index (χ4n) is 14.1. The summed E-state index contributed by atoms with van der Waals surface area (Å²) in [6.07, 6.45) is 2.81. The molecule has 8 N–H and O–H groups in total. The van der Waals surface area contributed by atoms with Gasteiger partial charge in [0, 0.05) is 219 Å². The molecule has 22 heteroatoms. The summed E-state index contributed by atoms with van der Waals surface area (Å²) in [5.74, 6) is -1.19. The number of amides is 4. The van der Waals surface area contributed by atoms with Crippen molar-refractivity contribution in [2.45, 2.75) is 142 Å². The van der Waals surface area contributed by atoms with E-state index >= 15 is 0 Å². The molecule has 8 atom stereocenters. The van der Waals surface area contributed by atoms with Crippen molar-refractivity contribution in [3.63, 3.8) is 0 Å². The van der Waals surface area contributed by atoms with Gasteiger partial charge in [-0.1, -0.05) is 109 Å². The standard InChI is InChI=1S/C21H27N3O.C20H24N3O.C20H22N2O3.C19H19N2O3.W.3Y/c1-14-11-20(22)19-12-18(9-10-21(19)24(14)15(2)25)17-7-5-16(6-8-17)13-23(3)4;1-13-10-19(21)18-11-17(8-9-20(18)23(13)14(2)24)16-6-4-15(5-7-16)12-22-3;1-12-10-18(21)17-11-16(8-9-19(17)22(12)13(2)23)14-4-6-15(7-5-14)20(24)25-3;1-11-9-17(20)16-10-15(7-8-18(16)21(11)12(2)22)13-3-5-14(6-4-13)19(23)24;;;;/h5-10,12,14,20H,11,13,22H2,1-4H3;4-9,11,13,19,21-22H,10,12H2,1-3H3;4-9,11-12,18H,10,21H2,1-3H3;3-8,10-11,17,20H,9H2,1-2H3,(H,23,24);;;;/q;-1;;-1;;;;/t14-,20+;13-,19+;12-,18+;11-,17+;;;;/m0000..../s1. The first-order valence-electron chi connectivity index (χ1n) is 33.4. The molecule has 4 heterocycles. The maximum atomic E-state index is 12.0. The van der Waals surface area contributed by atoms with Gasteiger partial charge in [-0.3, -0.25) is 19.2 Å². The molecule has 102 heavy (non-hydrogen) atoms. The van der Waals surface area contributed by atoms with Crippen LogP contribution in [0.25, 0.3) is 56.0 Å². The van der Waals surface area contributed by atoms with Gasteiger partial charge >= 0.3 is 11.9 Å². The molecule has 0 fully saturated rings. The summed E-state index contributed by atoms with van der Waals surface area (Å²) in [5.41, 5.74) is 48.4. The van der Waals surface area contributed by atoms with E-state index in [0.29, 0.717) is 18.4 Å². The maximum Gasteiger partial charge on any atom is 0.337 e. The van der Waals surface area contributed by atoms with Crippen LogP contribution in [0.2, 0.25) is 0 Å². The van der Waals surface area contributed by atoms with Crippen LogP contribution in [0.3, 0.4) is 0 Å². The Hall–Kier alpha value is -5.66. The van der Waals surface area contributed by atoms with Crippen molar-refractivity contribution in [3.05, 3.63) is 226 Å². The van der Waals surface area contributed by atoms with E-state index in [1.54, 1.807) is 69.0 Å². The van der Waals surface area contributed by atoms with Crippen LogP contribution < -0.4 is 36.4 Å². The summed E-state index contributed by atoms with van der Waals surface area (Å²) >= 11 is 0. The minimum atomic E-state index is -0.954. The molecule has 8 aromatic carbocycles.